The van der Waals surface area contributed by atoms with Gasteiger partial charge in [-0.1, -0.05) is 31.4 Å². The van der Waals surface area contributed by atoms with E-state index in [0.29, 0.717) is 0 Å². The monoisotopic (exact) mass is 198 g/mol. The summed E-state index contributed by atoms with van der Waals surface area (Å²) in [6.45, 7) is -1.17. The van der Waals surface area contributed by atoms with Gasteiger partial charge < -0.3 is 0 Å². The molecule has 0 aromatic rings. The maximum atomic E-state index is 5.92. The summed E-state index contributed by atoms with van der Waals surface area (Å²) in [5, 5.41) is 0. The second-order valence-electron chi connectivity index (χ2n) is 2.73. The molecule has 1 fully saturated rings. The molecule has 0 N–H and O–H groups in total. The van der Waals surface area contributed by atoms with E-state index in [1.54, 1.807) is 0 Å². The molecule has 0 aliphatic carbocycles. The molecule has 0 bridgehead atoms. The van der Waals surface area contributed by atoms with Gasteiger partial charge in [0.2, 0.25) is 6.93 Å². The zero-order valence-corrected chi connectivity index (χ0v) is 9.27. The van der Waals surface area contributed by atoms with E-state index in [9.17, 15) is 0 Å². The van der Waals surface area contributed by atoms with Gasteiger partial charge in [-0.25, -0.2) is 0 Å². The van der Waals surface area contributed by atoms with E-state index in [2.05, 4.69) is 0 Å². The molecule has 0 spiro atoms. The van der Waals surface area contributed by atoms with Gasteiger partial charge in [-0.15, -0.1) is 0 Å². The minimum atomic E-state index is -1.17. The fourth-order valence-electron chi connectivity index (χ4n) is 1.39. The number of hydrogen-bond acceptors (Lipinski definition) is 0. The largest absolute Gasteiger partial charge is 0.221 e. The van der Waals surface area contributed by atoms with Crippen molar-refractivity contribution in [2.24, 2.45) is 0 Å². The smallest absolute Gasteiger partial charge is 0.155 e. The predicted molar refractivity (Wildman–Crippen MR) is 49.5 cm³/mol. The van der Waals surface area contributed by atoms with Crippen molar-refractivity contribution in [3.05, 3.63) is 0 Å². The first-order valence-electron chi connectivity index (χ1n) is 3.59. The van der Waals surface area contributed by atoms with Crippen LogP contribution in [0.15, 0.2) is 0 Å². The van der Waals surface area contributed by atoms with Gasteiger partial charge in [0.15, 0.2) is 0 Å². The van der Waals surface area contributed by atoms with Crippen LogP contribution in [-0.2, 0) is 0 Å². The second kappa shape index (κ2) is 4.01. The van der Waals surface area contributed by atoms with Crippen LogP contribution in [0.3, 0.4) is 0 Å². The lowest BCUT2D eigenvalue weighted by atomic mass is 10.3. The summed E-state index contributed by atoms with van der Waals surface area (Å²) in [7, 11) is -0.530. The molecule has 0 unspecified atom stereocenters. The van der Waals surface area contributed by atoms with E-state index in [1.807, 2.05) is 0 Å². The summed E-state index contributed by atoms with van der Waals surface area (Å²) in [6, 6.07) is 2.87. The summed E-state index contributed by atoms with van der Waals surface area (Å²) in [6.07, 6.45) is 4.26. The second-order valence-corrected chi connectivity index (χ2v) is 16.9. The average molecular weight is 199 g/mol. The minimum Gasteiger partial charge on any atom is -0.155 e. The molecule has 54 valence electrons. The highest BCUT2D eigenvalue weighted by molar-refractivity contribution is 7.60. The van der Waals surface area contributed by atoms with Gasteiger partial charge in [-0.3, -0.25) is 0 Å². The number of hydrogen-bond donors (Lipinski definition) is 0. The van der Waals surface area contributed by atoms with Gasteiger partial charge in [0.25, 0.3) is 0 Å². The van der Waals surface area contributed by atoms with Crippen molar-refractivity contribution in [1.82, 2.24) is 0 Å². The van der Waals surface area contributed by atoms with Crippen molar-refractivity contribution in [2.45, 2.75) is 31.4 Å². The average Bonchev–Trinajstić information content (AvgIpc) is 1.90. The van der Waals surface area contributed by atoms with Crippen LogP contribution in [0.4, 0.5) is 0 Å². The van der Waals surface area contributed by atoms with Gasteiger partial charge in [0.1, 0.15) is 0 Å². The zero-order chi connectivity index (χ0) is 6.69. The van der Waals surface area contributed by atoms with Gasteiger partial charge in [0.05, 0.1) is 8.31 Å². The molecule has 0 nitrogen and oxygen atoms in total. The molecule has 1 rings (SSSR count). The summed E-state index contributed by atoms with van der Waals surface area (Å²) in [5.74, 6) is 0. The molecule has 1 heterocycles. The molecular formula is C5H12Cl2Si2. The Kier molecular flexibility index (Phi) is 3.62. The first kappa shape index (κ1) is 8.11. The molecule has 1 saturated heterocycles. The Morgan fingerprint density at radius 2 is 1.56 bits per heavy atom. The predicted octanol–water partition coefficient (Wildman–Crippen LogP) is 2.17. The minimum absolute atomic E-state index is 0.530. The van der Waals surface area contributed by atoms with Gasteiger partial charge in [-0.2, -0.15) is 22.2 Å². The van der Waals surface area contributed by atoms with Crippen molar-refractivity contribution in [3.63, 3.8) is 0 Å². The molecular weight excluding hydrogens is 187 g/mol. The van der Waals surface area contributed by atoms with Crippen molar-refractivity contribution in [2.75, 3.05) is 0 Å². The Morgan fingerprint density at radius 1 is 1.00 bits per heavy atom. The molecule has 0 radical (unpaired) electrons. The van der Waals surface area contributed by atoms with E-state index in [0.717, 1.165) is 0 Å². The molecule has 1 aliphatic heterocycles. The molecule has 9 heavy (non-hydrogen) atoms. The quantitative estimate of drug-likeness (QED) is 0.448. The highest BCUT2D eigenvalue weighted by Gasteiger charge is 2.22. The van der Waals surface area contributed by atoms with E-state index >= 15 is 0 Å². The van der Waals surface area contributed by atoms with Crippen LogP contribution >= 0.6 is 22.2 Å². The van der Waals surface area contributed by atoms with E-state index in [4.69, 9.17) is 22.2 Å². The summed E-state index contributed by atoms with van der Waals surface area (Å²) < 4.78 is 0. The van der Waals surface area contributed by atoms with Crippen LogP contribution in [0.5, 0.6) is 0 Å². The normalized spacial score (nSPS) is 23.0. The standard InChI is InChI=1S/C5H12Cl2Si2/c6-9(7)8-4-2-1-3-5-8/h8-9H,1-5H2. The first-order chi connectivity index (χ1) is 4.30. The Hall–Kier alpha value is 1.01. The number of rotatable bonds is 1. The summed E-state index contributed by atoms with van der Waals surface area (Å²) in [5.41, 5.74) is 0. The van der Waals surface area contributed by atoms with Crippen LogP contribution in [-0.4, -0.2) is 15.2 Å². The molecule has 1 aliphatic rings. The van der Waals surface area contributed by atoms with Crippen molar-refractivity contribution < 1.29 is 0 Å². The Morgan fingerprint density at radius 3 is 1.89 bits per heavy atom. The summed E-state index contributed by atoms with van der Waals surface area (Å²) >= 11 is 11.8. The molecule has 0 amide bonds. The van der Waals surface area contributed by atoms with E-state index < -0.39 is 15.2 Å². The lowest BCUT2D eigenvalue weighted by Gasteiger charge is -2.19. The first-order valence-corrected chi connectivity index (χ1v) is 11.4. The maximum absolute atomic E-state index is 5.92. The van der Waals surface area contributed by atoms with Crippen LogP contribution in [0, 0.1) is 0 Å². The van der Waals surface area contributed by atoms with E-state index in [1.165, 1.54) is 31.4 Å². The SMILES string of the molecule is Cl[SiH](Cl)[SiH]1CCCCC1. The lowest BCUT2D eigenvalue weighted by Crippen LogP contribution is -2.27. The van der Waals surface area contributed by atoms with Crippen LogP contribution in [0.1, 0.15) is 19.3 Å². The highest BCUT2D eigenvalue weighted by Crippen LogP contribution is 2.22. The molecule has 0 aromatic heterocycles. The number of halogens is 2. The summed E-state index contributed by atoms with van der Waals surface area (Å²) in [4.78, 5) is 0. The third-order valence-electron chi connectivity index (χ3n) is 2.01. The Labute approximate surface area is 69.0 Å². The fraction of sp³-hybridized carbons (Fsp3) is 1.00. The topological polar surface area (TPSA) is 0 Å². The van der Waals surface area contributed by atoms with Gasteiger partial charge in [0, 0.05) is 0 Å². The fourth-order valence-corrected chi connectivity index (χ4v) is 11.3. The zero-order valence-electron chi connectivity index (χ0n) is 5.45. The maximum Gasteiger partial charge on any atom is 0.221 e. The van der Waals surface area contributed by atoms with Crippen molar-refractivity contribution in [1.29, 1.82) is 0 Å². The molecule has 0 aromatic carbocycles. The van der Waals surface area contributed by atoms with Crippen molar-refractivity contribution >= 4 is 37.4 Å². The van der Waals surface area contributed by atoms with Crippen LogP contribution in [0.2, 0.25) is 12.1 Å². The van der Waals surface area contributed by atoms with Gasteiger partial charge >= 0.3 is 0 Å². The Bertz CT molecular complexity index is 81.0. The van der Waals surface area contributed by atoms with E-state index in [-0.39, 0.29) is 0 Å². The Balaban J connectivity index is 2.23. The molecule has 0 saturated carbocycles. The molecule has 0 atom stereocenters. The van der Waals surface area contributed by atoms with Crippen molar-refractivity contribution in [3.8, 4) is 0 Å². The van der Waals surface area contributed by atoms with Crippen LogP contribution < -0.4 is 0 Å². The third-order valence-corrected chi connectivity index (χ3v) is 15.6. The highest BCUT2D eigenvalue weighted by atomic mass is 35.7. The third kappa shape index (κ3) is 2.62. The lowest BCUT2D eigenvalue weighted by molar-refractivity contribution is 0.730. The van der Waals surface area contributed by atoms with Gasteiger partial charge in [-0.05, 0) is 0 Å². The molecule has 4 heteroatoms. The van der Waals surface area contributed by atoms with Crippen LogP contribution in [0.25, 0.3) is 0 Å².